The zero-order chi connectivity index (χ0) is 14.0. The van der Waals surface area contributed by atoms with Crippen molar-refractivity contribution in [2.75, 3.05) is 7.11 Å². The van der Waals surface area contributed by atoms with Crippen LogP contribution in [0, 0.1) is 18.6 Å². The van der Waals surface area contributed by atoms with Crippen LogP contribution in [0.4, 0.5) is 8.78 Å². The van der Waals surface area contributed by atoms with Gasteiger partial charge in [0.2, 0.25) is 0 Å². The van der Waals surface area contributed by atoms with E-state index in [2.05, 4.69) is 0 Å². The number of benzene rings is 2. The Morgan fingerprint density at radius 1 is 1.11 bits per heavy atom. The van der Waals surface area contributed by atoms with Gasteiger partial charge >= 0.3 is 0 Å². The number of ether oxygens (including phenoxy) is 1. The van der Waals surface area contributed by atoms with E-state index in [1.807, 2.05) is 0 Å². The quantitative estimate of drug-likeness (QED) is 0.791. The first kappa shape index (κ1) is 13.2. The first-order valence-electron chi connectivity index (χ1n) is 5.68. The van der Waals surface area contributed by atoms with Crippen LogP contribution in [0.15, 0.2) is 36.4 Å². The molecule has 19 heavy (non-hydrogen) atoms. The predicted octanol–water partition coefficient (Wildman–Crippen LogP) is 3.51. The number of carbonyl (C=O) groups excluding carboxylic acids is 1. The summed E-state index contributed by atoms with van der Waals surface area (Å²) in [6, 6.07) is 8.14. The lowest BCUT2D eigenvalue weighted by atomic mass is 9.98. The fourth-order valence-electron chi connectivity index (χ4n) is 1.83. The van der Waals surface area contributed by atoms with Gasteiger partial charge in [-0.1, -0.05) is 12.1 Å². The van der Waals surface area contributed by atoms with Crippen molar-refractivity contribution in [1.29, 1.82) is 0 Å². The zero-order valence-electron chi connectivity index (χ0n) is 10.5. The highest BCUT2D eigenvalue weighted by atomic mass is 19.1. The van der Waals surface area contributed by atoms with Crippen LogP contribution in [0.25, 0.3) is 0 Å². The summed E-state index contributed by atoms with van der Waals surface area (Å²) in [4.78, 5) is 12.2. The molecule has 0 amide bonds. The molecule has 2 rings (SSSR count). The van der Waals surface area contributed by atoms with Crippen LogP contribution in [0.5, 0.6) is 5.75 Å². The van der Waals surface area contributed by atoms with Gasteiger partial charge in [-0.3, -0.25) is 4.79 Å². The number of halogens is 2. The lowest BCUT2D eigenvalue weighted by molar-refractivity contribution is 0.103. The molecule has 0 saturated heterocycles. The average molecular weight is 262 g/mol. The molecule has 0 heterocycles. The molecule has 0 fully saturated rings. The second-order valence-electron chi connectivity index (χ2n) is 4.11. The highest BCUT2D eigenvalue weighted by Gasteiger charge is 2.19. The zero-order valence-corrected chi connectivity index (χ0v) is 10.5. The van der Waals surface area contributed by atoms with Crippen molar-refractivity contribution in [3.8, 4) is 5.75 Å². The maximum atomic E-state index is 14.0. The van der Waals surface area contributed by atoms with E-state index in [4.69, 9.17) is 4.74 Å². The van der Waals surface area contributed by atoms with Crippen LogP contribution in [0.3, 0.4) is 0 Å². The highest BCUT2D eigenvalue weighted by molar-refractivity contribution is 6.10. The minimum atomic E-state index is -0.737. The van der Waals surface area contributed by atoms with Crippen LogP contribution in [0.2, 0.25) is 0 Å². The van der Waals surface area contributed by atoms with Gasteiger partial charge < -0.3 is 4.74 Å². The normalized spacial score (nSPS) is 10.3. The summed E-state index contributed by atoms with van der Waals surface area (Å²) in [6.07, 6.45) is 0. The number of methoxy groups -OCH3 is 1. The van der Waals surface area contributed by atoms with Crippen molar-refractivity contribution < 1.29 is 18.3 Å². The van der Waals surface area contributed by atoms with Gasteiger partial charge in [-0.2, -0.15) is 0 Å². The molecule has 0 unspecified atom stereocenters. The van der Waals surface area contributed by atoms with Crippen molar-refractivity contribution in [1.82, 2.24) is 0 Å². The number of rotatable bonds is 3. The first-order chi connectivity index (χ1) is 9.04. The molecule has 0 bridgehead atoms. The molecule has 0 N–H and O–H groups in total. The third-order valence-electron chi connectivity index (χ3n) is 2.87. The van der Waals surface area contributed by atoms with E-state index in [0.717, 1.165) is 6.07 Å². The van der Waals surface area contributed by atoms with E-state index in [1.165, 1.54) is 37.4 Å². The molecular weight excluding hydrogens is 250 g/mol. The van der Waals surface area contributed by atoms with Crippen molar-refractivity contribution in [3.05, 3.63) is 64.7 Å². The lowest BCUT2D eigenvalue weighted by Gasteiger charge is -2.08. The van der Waals surface area contributed by atoms with Crippen molar-refractivity contribution in [2.24, 2.45) is 0 Å². The average Bonchev–Trinajstić information content (AvgIpc) is 2.41. The molecule has 0 aliphatic rings. The van der Waals surface area contributed by atoms with E-state index >= 15 is 0 Å². The second-order valence-corrected chi connectivity index (χ2v) is 4.11. The maximum absolute atomic E-state index is 14.0. The fraction of sp³-hybridized carbons (Fsp3) is 0.133. The fourth-order valence-corrected chi connectivity index (χ4v) is 1.83. The Hall–Kier alpha value is -2.23. The van der Waals surface area contributed by atoms with Gasteiger partial charge in [0.25, 0.3) is 0 Å². The molecule has 4 heteroatoms. The van der Waals surface area contributed by atoms with Crippen molar-refractivity contribution in [3.63, 3.8) is 0 Å². The summed E-state index contributed by atoms with van der Waals surface area (Å²) < 4.78 is 32.0. The van der Waals surface area contributed by atoms with Gasteiger partial charge in [0.15, 0.2) is 17.3 Å². The van der Waals surface area contributed by atoms with Gasteiger partial charge in [-0.15, -0.1) is 0 Å². The highest BCUT2D eigenvalue weighted by Crippen LogP contribution is 2.23. The van der Waals surface area contributed by atoms with Crippen LogP contribution in [-0.4, -0.2) is 12.9 Å². The maximum Gasteiger partial charge on any atom is 0.196 e. The van der Waals surface area contributed by atoms with Crippen LogP contribution >= 0.6 is 0 Å². The predicted molar refractivity (Wildman–Crippen MR) is 67.5 cm³/mol. The van der Waals surface area contributed by atoms with Gasteiger partial charge in [0.1, 0.15) is 5.82 Å². The minimum Gasteiger partial charge on any atom is -0.494 e. The molecule has 2 aromatic carbocycles. The molecule has 0 saturated carbocycles. The molecule has 0 spiro atoms. The monoisotopic (exact) mass is 262 g/mol. The van der Waals surface area contributed by atoms with Gasteiger partial charge in [-0.25, -0.2) is 8.78 Å². The van der Waals surface area contributed by atoms with E-state index in [1.54, 1.807) is 6.92 Å². The molecule has 0 radical (unpaired) electrons. The Morgan fingerprint density at radius 2 is 1.84 bits per heavy atom. The summed E-state index contributed by atoms with van der Waals surface area (Å²) >= 11 is 0. The standard InChI is InChI=1S/C15H12F2O2/c1-9-6-7-10(16)8-12(9)15(18)11-4-3-5-13(19-2)14(11)17/h3-8H,1-2H3. The Morgan fingerprint density at radius 3 is 2.53 bits per heavy atom. The number of carbonyl (C=O) groups is 1. The summed E-state index contributed by atoms with van der Waals surface area (Å²) in [5.41, 5.74) is 0.605. The Balaban J connectivity index is 2.53. The third kappa shape index (κ3) is 2.47. The Kier molecular flexibility index (Phi) is 3.60. The molecule has 0 aliphatic heterocycles. The van der Waals surface area contributed by atoms with Gasteiger partial charge in [0.05, 0.1) is 12.7 Å². The smallest absolute Gasteiger partial charge is 0.196 e. The number of hydrogen-bond acceptors (Lipinski definition) is 2. The Bertz CT molecular complexity index is 636. The van der Waals surface area contributed by atoms with Crippen molar-refractivity contribution in [2.45, 2.75) is 6.92 Å². The summed E-state index contributed by atoms with van der Waals surface area (Å²) in [6.45, 7) is 1.67. The number of aryl methyl sites for hydroxylation is 1. The van der Waals surface area contributed by atoms with E-state index in [9.17, 15) is 13.6 Å². The largest absolute Gasteiger partial charge is 0.494 e. The van der Waals surface area contributed by atoms with E-state index in [0.29, 0.717) is 5.56 Å². The topological polar surface area (TPSA) is 26.3 Å². The molecule has 2 aromatic rings. The van der Waals surface area contributed by atoms with E-state index < -0.39 is 17.4 Å². The SMILES string of the molecule is COc1cccc(C(=O)c2cc(F)ccc2C)c1F. The van der Waals surface area contributed by atoms with Gasteiger partial charge in [0, 0.05) is 5.56 Å². The molecule has 98 valence electrons. The first-order valence-corrected chi connectivity index (χ1v) is 5.68. The van der Waals surface area contributed by atoms with Gasteiger partial charge in [-0.05, 0) is 36.8 Å². The summed E-state index contributed by atoms with van der Waals surface area (Å²) in [7, 11) is 1.32. The van der Waals surface area contributed by atoms with Crippen LogP contribution < -0.4 is 4.74 Å². The third-order valence-corrected chi connectivity index (χ3v) is 2.87. The van der Waals surface area contributed by atoms with Crippen LogP contribution in [0.1, 0.15) is 21.5 Å². The molecule has 0 atom stereocenters. The molecule has 0 aliphatic carbocycles. The number of hydrogen-bond donors (Lipinski definition) is 0. The van der Waals surface area contributed by atoms with Crippen molar-refractivity contribution >= 4 is 5.78 Å². The molecule has 2 nitrogen and oxygen atoms in total. The van der Waals surface area contributed by atoms with Crippen LogP contribution in [-0.2, 0) is 0 Å². The minimum absolute atomic E-state index is 0.0140. The Labute approximate surface area is 109 Å². The summed E-state index contributed by atoms with van der Waals surface area (Å²) in [5.74, 6) is -1.84. The van der Waals surface area contributed by atoms with E-state index in [-0.39, 0.29) is 16.9 Å². The molecule has 0 aromatic heterocycles. The lowest BCUT2D eigenvalue weighted by Crippen LogP contribution is -2.07. The molecular formula is C15H12F2O2. The summed E-state index contributed by atoms with van der Waals surface area (Å²) in [5, 5.41) is 0. The second kappa shape index (κ2) is 5.18. The number of ketones is 1.